The molecule has 0 saturated carbocycles. The lowest BCUT2D eigenvalue weighted by molar-refractivity contribution is 0.0162. The Balaban J connectivity index is 2.52. The number of carbonyl (C=O) groups is 1. The summed E-state index contributed by atoms with van der Waals surface area (Å²) in [5, 5.41) is 0.827. The molecule has 0 bridgehead atoms. The summed E-state index contributed by atoms with van der Waals surface area (Å²) in [4.78, 5) is 13.6. The SMILES string of the molecule is CC(C)(C)OC(=O)N1CCC(N)C(CBr)C1. The molecule has 0 aromatic rings. The fourth-order valence-electron chi connectivity index (χ4n) is 1.71. The summed E-state index contributed by atoms with van der Waals surface area (Å²) in [6.45, 7) is 7.01. The molecule has 16 heavy (non-hydrogen) atoms. The number of hydrogen-bond acceptors (Lipinski definition) is 3. The normalized spacial score (nSPS) is 26.7. The van der Waals surface area contributed by atoms with E-state index in [2.05, 4.69) is 15.9 Å². The summed E-state index contributed by atoms with van der Waals surface area (Å²) < 4.78 is 5.34. The highest BCUT2D eigenvalue weighted by Crippen LogP contribution is 2.20. The molecule has 1 aliphatic rings. The second kappa shape index (κ2) is 5.36. The first-order valence-electron chi connectivity index (χ1n) is 5.63. The van der Waals surface area contributed by atoms with Gasteiger partial charge in [-0.3, -0.25) is 0 Å². The number of alkyl halides is 1. The standard InChI is InChI=1S/C11H21BrN2O2/c1-11(2,3)16-10(15)14-5-4-9(13)8(6-12)7-14/h8-9H,4-7,13H2,1-3H3. The zero-order chi connectivity index (χ0) is 12.3. The van der Waals surface area contributed by atoms with Gasteiger partial charge in [0.05, 0.1) is 0 Å². The second-order valence-corrected chi connectivity index (χ2v) is 5.94. The van der Waals surface area contributed by atoms with Crippen LogP contribution in [-0.4, -0.2) is 41.1 Å². The van der Waals surface area contributed by atoms with Crippen molar-refractivity contribution in [2.75, 3.05) is 18.4 Å². The Morgan fingerprint density at radius 3 is 2.69 bits per heavy atom. The molecule has 0 radical (unpaired) electrons. The van der Waals surface area contributed by atoms with Crippen molar-refractivity contribution >= 4 is 22.0 Å². The van der Waals surface area contributed by atoms with E-state index in [4.69, 9.17) is 10.5 Å². The molecule has 4 nitrogen and oxygen atoms in total. The van der Waals surface area contributed by atoms with Crippen LogP contribution in [0.2, 0.25) is 0 Å². The molecule has 1 saturated heterocycles. The van der Waals surface area contributed by atoms with Crippen molar-refractivity contribution in [3.8, 4) is 0 Å². The predicted octanol–water partition coefficient (Wildman–Crippen LogP) is 1.97. The summed E-state index contributed by atoms with van der Waals surface area (Å²) in [7, 11) is 0. The number of nitrogens with two attached hydrogens (primary N) is 1. The molecule has 1 fully saturated rings. The van der Waals surface area contributed by atoms with Gasteiger partial charge in [0.15, 0.2) is 0 Å². The number of carbonyl (C=O) groups excluding carboxylic acids is 1. The van der Waals surface area contributed by atoms with E-state index in [-0.39, 0.29) is 12.1 Å². The Labute approximate surface area is 106 Å². The highest BCUT2D eigenvalue weighted by molar-refractivity contribution is 9.09. The van der Waals surface area contributed by atoms with Crippen LogP contribution >= 0.6 is 15.9 Å². The van der Waals surface area contributed by atoms with Crippen molar-refractivity contribution in [2.45, 2.75) is 38.8 Å². The van der Waals surface area contributed by atoms with Gasteiger partial charge in [-0.1, -0.05) is 15.9 Å². The van der Waals surface area contributed by atoms with Gasteiger partial charge in [0.2, 0.25) is 0 Å². The Bertz CT molecular complexity index is 253. The van der Waals surface area contributed by atoms with E-state index in [0.29, 0.717) is 19.0 Å². The maximum Gasteiger partial charge on any atom is 0.410 e. The van der Waals surface area contributed by atoms with Crippen molar-refractivity contribution in [3.05, 3.63) is 0 Å². The third-order valence-corrected chi connectivity index (χ3v) is 3.47. The summed E-state index contributed by atoms with van der Waals surface area (Å²) in [5.41, 5.74) is 5.54. The molecule has 2 unspecified atom stereocenters. The van der Waals surface area contributed by atoms with Crippen molar-refractivity contribution < 1.29 is 9.53 Å². The van der Waals surface area contributed by atoms with E-state index >= 15 is 0 Å². The first kappa shape index (κ1) is 13.8. The van der Waals surface area contributed by atoms with Crippen molar-refractivity contribution in [3.63, 3.8) is 0 Å². The van der Waals surface area contributed by atoms with Crippen LogP contribution in [0.3, 0.4) is 0 Å². The molecule has 2 atom stereocenters. The summed E-state index contributed by atoms with van der Waals surface area (Å²) in [6.07, 6.45) is 0.612. The lowest BCUT2D eigenvalue weighted by Crippen LogP contribution is -2.50. The molecule has 0 aromatic carbocycles. The van der Waals surface area contributed by atoms with E-state index in [1.54, 1.807) is 4.90 Å². The predicted molar refractivity (Wildman–Crippen MR) is 67.7 cm³/mol. The Morgan fingerprint density at radius 2 is 2.19 bits per heavy atom. The zero-order valence-electron chi connectivity index (χ0n) is 10.2. The van der Waals surface area contributed by atoms with Gasteiger partial charge in [-0.15, -0.1) is 0 Å². The van der Waals surface area contributed by atoms with Crippen LogP contribution in [0.4, 0.5) is 4.79 Å². The van der Waals surface area contributed by atoms with Crippen molar-refractivity contribution in [1.29, 1.82) is 0 Å². The van der Waals surface area contributed by atoms with Crippen LogP contribution < -0.4 is 5.73 Å². The van der Waals surface area contributed by atoms with Gasteiger partial charge in [0.1, 0.15) is 5.60 Å². The fraction of sp³-hybridized carbons (Fsp3) is 0.909. The van der Waals surface area contributed by atoms with Crippen molar-refractivity contribution in [1.82, 2.24) is 4.90 Å². The summed E-state index contributed by atoms with van der Waals surface area (Å²) in [6, 6.07) is 0.179. The smallest absolute Gasteiger partial charge is 0.410 e. The molecule has 0 aromatic heterocycles. The Hall–Kier alpha value is -0.290. The number of hydrogen-bond donors (Lipinski definition) is 1. The fourth-order valence-corrected chi connectivity index (χ4v) is 2.39. The molecule has 1 rings (SSSR count). The minimum Gasteiger partial charge on any atom is -0.444 e. The maximum absolute atomic E-state index is 11.8. The van der Waals surface area contributed by atoms with Crippen LogP contribution in [0.5, 0.6) is 0 Å². The minimum absolute atomic E-state index is 0.179. The quantitative estimate of drug-likeness (QED) is 0.752. The Kier molecular flexibility index (Phi) is 4.62. The van der Waals surface area contributed by atoms with E-state index < -0.39 is 5.60 Å². The molecule has 1 aliphatic heterocycles. The van der Waals surface area contributed by atoms with E-state index in [9.17, 15) is 4.79 Å². The first-order valence-corrected chi connectivity index (χ1v) is 6.75. The van der Waals surface area contributed by atoms with E-state index in [1.165, 1.54) is 0 Å². The summed E-state index contributed by atoms with van der Waals surface area (Å²) >= 11 is 3.43. The van der Waals surface area contributed by atoms with E-state index in [1.807, 2.05) is 20.8 Å². The largest absolute Gasteiger partial charge is 0.444 e. The number of rotatable bonds is 1. The number of nitrogens with zero attached hydrogens (tertiary/aromatic N) is 1. The molecular weight excluding hydrogens is 272 g/mol. The lowest BCUT2D eigenvalue weighted by atomic mass is 9.95. The van der Waals surface area contributed by atoms with Crippen LogP contribution in [0, 0.1) is 5.92 Å². The number of piperidine rings is 1. The minimum atomic E-state index is -0.430. The number of halogens is 1. The third-order valence-electron chi connectivity index (χ3n) is 2.64. The summed E-state index contributed by atoms with van der Waals surface area (Å²) in [5.74, 6) is 0.321. The van der Waals surface area contributed by atoms with Crippen LogP contribution in [-0.2, 0) is 4.74 Å². The van der Waals surface area contributed by atoms with Gasteiger partial charge in [-0.25, -0.2) is 4.79 Å². The molecular formula is C11H21BrN2O2. The first-order chi connectivity index (χ1) is 7.33. The van der Waals surface area contributed by atoms with Gasteiger partial charge >= 0.3 is 6.09 Å². The van der Waals surface area contributed by atoms with Crippen LogP contribution in [0.15, 0.2) is 0 Å². The van der Waals surface area contributed by atoms with Crippen LogP contribution in [0.1, 0.15) is 27.2 Å². The van der Waals surface area contributed by atoms with Gasteiger partial charge in [0, 0.05) is 30.4 Å². The van der Waals surface area contributed by atoms with Gasteiger partial charge in [-0.2, -0.15) is 0 Å². The highest BCUT2D eigenvalue weighted by Gasteiger charge is 2.30. The maximum atomic E-state index is 11.8. The second-order valence-electron chi connectivity index (χ2n) is 5.29. The van der Waals surface area contributed by atoms with E-state index in [0.717, 1.165) is 11.8 Å². The zero-order valence-corrected chi connectivity index (χ0v) is 11.8. The lowest BCUT2D eigenvalue weighted by Gasteiger charge is -2.36. The number of ether oxygens (including phenoxy) is 1. The average molecular weight is 293 g/mol. The molecule has 2 N–H and O–H groups in total. The van der Waals surface area contributed by atoms with Gasteiger partial charge in [-0.05, 0) is 27.2 Å². The Morgan fingerprint density at radius 1 is 1.56 bits per heavy atom. The topological polar surface area (TPSA) is 55.6 Å². The molecule has 1 amide bonds. The van der Waals surface area contributed by atoms with Gasteiger partial charge < -0.3 is 15.4 Å². The van der Waals surface area contributed by atoms with Crippen LogP contribution in [0.25, 0.3) is 0 Å². The molecule has 0 aliphatic carbocycles. The average Bonchev–Trinajstić information content (AvgIpc) is 2.15. The third kappa shape index (κ3) is 3.94. The monoisotopic (exact) mass is 292 g/mol. The van der Waals surface area contributed by atoms with Crippen molar-refractivity contribution in [2.24, 2.45) is 11.7 Å². The molecule has 0 spiro atoms. The van der Waals surface area contributed by atoms with Gasteiger partial charge in [0.25, 0.3) is 0 Å². The highest BCUT2D eigenvalue weighted by atomic mass is 79.9. The molecule has 94 valence electrons. The number of amides is 1. The molecule has 5 heteroatoms. The number of likely N-dealkylation sites (tertiary alicyclic amines) is 1. The molecule has 1 heterocycles.